The van der Waals surface area contributed by atoms with Gasteiger partial charge in [-0.1, -0.05) is 0 Å². The highest BCUT2D eigenvalue weighted by atomic mass is 16.5. The van der Waals surface area contributed by atoms with E-state index < -0.39 is 0 Å². The van der Waals surface area contributed by atoms with Gasteiger partial charge in [0.1, 0.15) is 18.2 Å². The summed E-state index contributed by atoms with van der Waals surface area (Å²) in [5.74, 6) is 2.47. The fourth-order valence-corrected chi connectivity index (χ4v) is 1.31. The highest BCUT2D eigenvalue weighted by Crippen LogP contribution is 2.14. The maximum Gasteiger partial charge on any atom is 0.158 e. The van der Waals surface area contributed by atoms with E-state index in [1.54, 1.807) is 7.11 Å². The van der Waals surface area contributed by atoms with Crippen molar-refractivity contribution >= 4 is 11.6 Å². The number of nitrogens with zero attached hydrogens (tertiary/aromatic N) is 3. The van der Waals surface area contributed by atoms with Gasteiger partial charge >= 0.3 is 0 Å². The standard InChI is InChI=1S/C11H20N4O/c1-5-12-9-7-11(15(3)6-2)14-10(13-9)8-16-4/h7H,5-6,8H2,1-4H3,(H,12,13,14). The van der Waals surface area contributed by atoms with Crippen molar-refractivity contribution in [3.63, 3.8) is 0 Å². The van der Waals surface area contributed by atoms with E-state index >= 15 is 0 Å². The van der Waals surface area contributed by atoms with Crippen molar-refractivity contribution in [3.8, 4) is 0 Å². The number of nitrogens with one attached hydrogen (secondary N) is 1. The second kappa shape index (κ2) is 6.27. The van der Waals surface area contributed by atoms with Crippen LogP contribution in [-0.2, 0) is 11.3 Å². The molecule has 0 unspecified atom stereocenters. The SMILES string of the molecule is CCNc1cc(N(C)CC)nc(COC)n1. The van der Waals surface area contributed by atoms with E-state index in [1.165, 1.54) is 0 Å². The van der Waals surface area contributed by atoms with Gasteiger partial charge < -0.3 is 15.0 Å². The van der Waals surface area contributed by atoms with Gasteiger partial charge in [0.15, 0.2) is 5.82 Å². The molecule has 0 spiro atoms. The minimum Gasteiger partial charge on any atom is -0.377 e. The number of anilines is 2. The Bertz CT molecular complexity index is 306. The summed E-state index contributed by atoms with van der Waals surface area (Å²) >= 11 is 0. The number of hydrogen-bond acceptors (Lipinski definition) is 5. The van der Waals surface area contributed by atoms with Crippen LogP contribution in [0.5, 0.6) is 0 Å². The molecular weight excluding hydrogens is 204 g/mol. The number of methoxy groups -OCH3 is 1. The first-order valence-corrected chi connectivity index (χ1v) is 5.53. The first-order chi connectivity index (χ1) is 7.71. The van der Waals surface area contributed by atoms with Gasteiger partial charge in [0, 0.05) is 33.3 Å². The van der Waals surface area contributed by atoms with E-state index in [-0.39, 0.29) is 0 Å². The number of hydrogen-bond donors (Lipinski definition) is 1. The summed E-state index contributed by atoms with van der Waals surface area (Å²) in [6.45, 7) is 6.32. The molecule has 0 amide bonds. The zero-order valence-electron chi connectivity index (χ0n) is 10.4. The minimum atomic E-state index is 0.434. The highest BCUT2D eigenvalue weighted by Gasteiger charge is 2.06. The van der Waals surface area contributed by atoms with Crippen LogP contribution in [0, 0.1) is 0 Å². The molecule has 0 radical (unpaired) electrons. The fourth-order valence-electron chi connectivity index (χ4n) is 1.31. The summed E-state index contributed by atoms with van der Waals surface area (Å²) in [6, 6.07) is 1.95. The van der Waals surface area contributed by atoms with Crippen LogP contribution in [0.3, 0.4) is 0 Å². The van der Waals surface area contributed by atoms with Crippen molar-refractivity contribution in [1.82, 2.24) is 9.97 Å². The van der Waals surface area contributed by atoms with Crippen molar-refractivity contribution in [2.45, 2.75) is 20.5 Å². The number of ether oxygens (including phenoxy) is 1. The summed E-state index contributed by atoms with van der Waals surface area (Å²) in [7, 11) is 3.65. The molecule has 0 saturated carbocycles. The maximum absolute atomic E-state index is 5.06. The Kier molecular flexibility index (Phi) is 4.98. The van der Waals surface area contributed by atoms with E-state index in [4.69, 9.17) is 4.74 Å². The van der Waals surface area contributed by atoms with Crippen LogP contribution in [0.2, 0.25) is 0 Å². The molecule has 1 N–H and O–H groups in total. The predicted octanol–water partition coefficient (Wildman–Crippen LogP) is 1.51. The molecule has 16 heavy (non-hydrogen) atoms. The monoisotopic (exact) mass is 224 g/mol. The van der Waals surface area contributed by atoms with Crippen molar-refractivity contribution in [3.05, 3.63) is 11.9 Å². The lowest BCUT2D eigenvalue weighted by Crippen LogP contribution is -2.19. The Morgan fingerprint density at radius 3 is 2.69 bits per heavy atom. The molecular formula is C11H20N4O. The van der Waals surface area contributed by atoms with Crippen LogP contribution in [0.1, 0.15) is 19.7 Å². The average molecular weight is 224 g/mol. The predicted molar refractivity (Wildman–Crippen MR) is 65.9 cm³/mol. The van der Waals surface area contributed by atoms with E-state index in [9.17, 15) is 0 Å². The molecule has 1 rings (SSSR count). The molecule has 5 heteroatoms. The smallest absolute Gasteiger partial charge is 0.158 e. The second-order valence-electron chi connectivity index (χ2n) is 3.51. The van der Waals surface area contributed by atoms with Gasteiger partial charge in [-0.05, 0) is 13.8 Å². The lowest BCUT2D eigenvalue weighted by atomic mass is 10.4. The van der Waals surface area contributed by atoms with Gasteiger partial charge in [-0.3, -0.25) is 0 Å². The van der Waals surface area contributed by atoms with Gasteiger partial charge in [0.2, 0.25) is 0 Å². The Labute approximate surface area is 96.8 Å². The average Bonchev–Trinajstić information content (AvgIpc) is 2.28. The molecule has 0 saturated heterocycles. The molecule has 90 valence electrons. The first-order valence-electron chi connectivity index (χ1n) is 5.53. The number of aromatic nitrogens is 2. The summed E-state index contributed by atoms with van der Waals surface area (Å²) in [6.07, 6.45) is 0. The normalized spacial score (nSPS) is 10.2. The highest BCUT2D eigenvalue weighted by molar-refractivity contribution is 5.48. The van der Waals surface area contributed by atoms with E-state index in [1.807, 2.05) is 20.0 Å². The van der Waals surface area contributed by atoms with Crippen molar-refractivity contribution in [1.29, 1.82) is 0 Å². The van der Waals surface area contributed by atoms with Gasteiger partial charge in [-0.25, -0.2) is 9.97 Å². The van der Waals surface area contributed by atoms with Crippen LogP contribution in [0.15, 0.2) is 6.07 Å². The van der Waals surface area contributed by atoms with Crippen LogP contribution >= 0.6 is 0 Å². The van der Waals surface area contributed by atoms with Crippen LogP contribution in [0.4, 0.5) is 11.6 Å². The Balaban J connectivity index is 2.97. The molecule has 1 heterocycles. The molecule has 0 aliphatic rings. The van der Waals surface area contributed by atoms with Gasteiger partial charge in [-0.15, -0.1) is 0 Å². The Morgan fingerprint density at radius 2 is 2.12 bits per heavy atom. The molecule has 0 aromatic carbocycles. The van der Waals surface area contributed by atoms with Crippen molar-refractivity contribution < 1.29 is 4.74 Å². The van der Waals surface area contributed by atoms with Gasteiger partial charge in [0.05, 0.1) is 0 Å². The molecule has 0 bridgehead atoms. The summed E-state index contributed by atoms with van der Waals surface area (Å²) in [5.41, 5.74) is 0. The zero-order chi connectivity index (χ0) is 12.0. The van der Waals surface area contributed by atoms with Crippen LogP contribution < -0.4 is 10.2 Å². The lowest BCUT2D eigenvalue weighted by Gasteiger charge is -2.17. The largest absolute Gasteiger partial charge is 0.377 e. The molecule has 1 aromatic rings. The zero-order valence-corrected chi connectivity index (χ0v) is 10.4. The molecule has 5 nitrogen and oxygen atoms in total. The Hall–Kier alpha value is -1.36. The van der Waals surface area contributed by atoms with E-state index in [2.05, 4.69) is 27.1 Å². The first kappa shape index (κ1) is 12.7. The lowest BCUT2D eigenvalue weighted by molar-refractivity contribution is 0.178. The van der Waals surface area contributed by atoms with Crippen molar-refractivity contribution in [2.75, 3.05) is 37.5 Å². The van der Waals surface area contributed by atoms with Crippen molar-refractivity contribution in [2.24, 2.45) is 0 Å². The topological polar surface area (TPSA) is 50.3 Å². The van der Waals surface area contributed by atoms with E-state index in [0.29, 0.717) is 12.4 Å². The fraction of sp³-hybridized carbons (Fsp3) is 0.636. The molecule has 0 fully saturated rings. The molecule has 0 atom stereocenters. The molecule has 1 aromatic heterocycles. The maximum atomic E-state index is 5.06. The third-order valence-electron chi connectivity index (χ3n) is 2.26. The molecule has 0 aliphatic heterocycles. The Morgan fingerprint density at radius 1 is 1.38 bits per heavy atom. The summed E-state index contributed by atoms with van der Waals surface area (Å²) in [4.78, 5) is 10.9. The number of rotatable bonds is 6. The summed E-state index contributed by atoms with van der Waals surface area (Å²) in [5, 5.41) is 3.19. The minimum absolute atomic E-state index is 0.434. The second-order valence-corrected chi connectivity index (χ2v) is 3.51. The quantitative estimate of drug-likeness (QED) is 0.793. The van der Waals surface area contributed by atoms with Crippen LogP contribution in [-0.4, -0.2) is 37.2 Å². The van der Waals surface area contributed by atoms with Gasteiger partial charge in [-0.2, -0.15) is 0 Å². The van der Waals surface area contributed by atoms with Crippen LogP contribution in [0.25, 0.3) is 0 Å². The third-order valence-corrected chi connectivity index (χ3v) is 2.26. The summed E-state index contributed by atoms with van der Waals surface area (Å²) < 4.78 is 5.06. The van der Waals surface area contributed by atoms with E-state index in [0.717, 1.165) is 24.7 Å². The molecule has 0 aliphatic carbocycles. The van der Waals surface area contributed by atoms with Gasteiger partial charge in [0.25, 0.3) is 0 Å². The third kappa shape index (κ3) is 3.34.